The summed E-state index contributed by atoms with van der Waals surface area (Å²) in [6.45, 7) is 1.10. The second kappa shape index (κ2) is 6.03. The zero-order chi connectivity index (χ0) is 20.3. The predicted molar refractivity (Wildman–Crippen MR) is 104 cm³/mol. The summed E-state index contributed by atoms with van der Waals surface area (Å²) in [4.78, 5) is 25.4. The fourth-order valence-electron chi connectivity index (χ4n) is 3.88. The van der Waals surface area contributed by atoms with E-state index in [9.17, 15) is 19.8 Å². The van der Waals surface area contributed by atoms with E-state index < -0.39 is 5.78 Å². The minimum atomic E-state index is -0.523. The van der Waals surface area contributed by atoms with E-state index in [2.05, 4.69) is 5.32 Å². The molecule has 8 heteroatoms. The van der Waals surface area contributed by atoms with Gasteiger partial charge >= 0.3 is 0 Å². The number of amides is 1. The highest BCUT2D eigenvalue weighted by atomic mass is 16.5. The standard InChI is InChI=1S/C21H16N2O6/c1-28-11-2-3-14-12(8-11)13(19-21(27)22-4-5-23(14)19)9-17-20(26)18-15(25)6-10(24)7-16(18)29-17/h2-3,6-9,24-25H,4-5H2,1H3,(H,22,27)/b17-9-. The van der Waals surface area contributed by atoms with Gasteiger partial charge in [0.25, 0.3) is 5.91 Å². The summed E-state index contributed by atoms with van der Waals surface area (Å²) in [7, 11) is 1.55. The molecule has 0 atom stereocenters. The maximum atomic E-state index is 12.8. The predicted octanol–water partition coefficient (Wildman–Crippen LogP) is 2.42. The second-order valence-corrected chi connectivity index (χ2v) is 6.83. The third-order valence-corrected chi connectivity index (χ3v) is 5.16. The van der Waals surface area contributed by atoms with Crippen LogP contribution in [0.3, 0.4) is 0 Å². The van der Waals surface area contributed by atoms with Crippen LogP contribution in [-0.2, 0) is 6.54 Å². The van der Waals surface area contributed by atoms with Crippen LogP contribution in [0.1, 0.15) is 26.4 Å². The van der Waals surface area contributed by atoms with Crippen LogP contribution in [0.15, 0.2) is 36.1 Å². The summed E-state index contributed by atoms with van der Waals surface area (Å²) in [6, 6.07) is 7.82. The molecule has 0 fully saturated rings. The summed E-state index contributed by atoms with van der Waals surface area (Å²) in [5, 5.41) is 23.2. The number of ketones is 1. The van der Waals surface area contributed by atoms with E-state index in [0.29, 0.717) is 30.1 Å². The fraction of sp³-hybridized carbons (Fsp3) is 0.143. The van der Waals surface area contributed by atoms with Crippen LogP contribution >= 0.6 is 0 Å². The van der Waals surface area contributed by atoms with Crippen molar-refractivity contribution in [2.75, 3.05) is 13.7 Å². The van der Waals surface area contributed by atoms with Gasteiger partial charge in [0.15, 0.2) is 5.76 Å². The van der Waals surface area contributed by atoms with Crippen LogP contribution in [0.4, 0.5) is 0 Å². The van der Waals surface area contributed by atoms with Gasteiger partial charge in [0, 0.05) is 41.7 Å². The lowest BCUT2D eigenvalue weighted by atomic mass is 10.1. The molecular weight excluding hydrogens is 376 g/mol. The van der Waals surface area contributed by atoms with Crippen molar-refractivity contribution >= 4 is 28.7 Å². The Morgan fingerprint density at radius 1 is 1.21 bits per heavy atom. The number of carbonyl (C=O) groups is 2. The zero-order valence-electron chi connectivity index (χ0n) is 15.4. The summed E-state index contributed by atoms with van der Waals surface area (Å²) >= 11 is 0. The molecule has 3 heterocycles. The lowest BCUT2D eigenvalue weighted by Crippen LogP contribution is -2.35. The summed E-state index contributed by atoms with van der Waals surface area (Å²) < 4.78 is 12.8. The molecule has 5 rings (SSSR count). The van der Waals surface area contributed by atoms with Crippen LogP contribution in [0, 0.1) is 0 Å². The quantitative estimate of drug-likeness (QED) is 0.578. The average molecular weight is 392 g/mol. The van der Waals surface area contributed by atoms with Crippen molar-refractivity contribution in [1.82, 2.24) is 9.88 Å². The lowest BCUT2D eigenvalue weighted by Gasteiger charge is -2.17. The van der Waals surface area contributed by atoms with E-state index in [-0.39, 0.29) is 34.5 Å². The topological polar surface area (TPSA) is 110 Å². The van der Waals surface area contributed by atoms with Crippen molar-refractivity contribution in [2.45, 2.75) is 6.54 Å². The van der Waals surface area contributed by atoms with Crippen LogP contribution < -0.4 is 14.8 Å². The van der Waals surface area contributed by atoms with Gasteiger partial charge in [0.05, 0.1) is 7.11 Å². The van der Waals surface area contributed by atoms with Crippen molar-refractivity contribution in [2.24, 2.45) is 0 Å². The van der Waals surface area contributed by atoms with Gasteiger partial charge < -0.3 is 29.6 Å². The van der Waals surface area contributed by atoms with Crippen molar-refractivity contribution in [3.8, 4) is 23.0 Å². The van der Waals surface area contributed by atoms with E-state index in [4.69, 9.17) is 9.47 Å². The molecule has 0 radical (unpaired) electrons. The smallest absolute Gasteiger partial charge is 0.268 e. The molecule has 29 heavy (non-hydrogen) atoms. The van der Waals surface area contributed by atoms with Gasteiger partial charge in [0.2, 0.25) is 5.78 Å². The Labute approximate surface area is 164 Å². The Hall–Kier alpha value is -3.94. The van der Waals surface area contributed by atoms with Crippen LogP contribution in [0.25, 0.3) is 17.0 Å². The number of carbonyl (C=O) groups excluding carboxylic acids is 2. The molecule has 0 saturated heterocycles. The number of hydrogen-bond acceptors (Lipinski definition) is 6. The second-order valence-electron chi connectivity index (χ2n) is 6.83. The third kappa shape index (κ3) is 2.46. The molecule has 3 N–H and O–H groups in total. The largest absolute Gasteiger partial charge is 0.508 e. The average Bonchev–Trinajstić information content (AvgIpc) is 3.17. The molecular formula is C21H16N2O6. The number of rotatable bonds is 2. The molecule has 2 aliphatic heterocycles. The van der Waals surface area contributed by atoms with E-state index in [1.54, 1.807) is 13.2 Å². The molecule has 2 aliphatic rings. The number of phenolic OH excluding ortho intramolecular Hbond substituents is 2. The summed E-state index contributed by atoms with van der Waals surface area (Å²) in [5.41, 5.74) is 1.77. The lowest BCUT2D eigenvalue weighted by molar-refractivity contribution is 0.0927. The highest BCUT2D eigenvalue weighted by molar-refractivity contribution is 6.18. The van der Waals surface area contributed by atoms with Gasteiger partial charge in [-0.15, -0.1) is 0 Å². The molecule has 0 bridgehead atoms. The number of fused-ring (bicyclic) bond motifs is 4. The van der Waals surface area contributed by atoms with Gasteiger partial charge in [-0.1, -0.05) is 0 Å². The maximum Gasteiger partial charge on any atom is 0.268 e. The van der Waals surface area contributed by atoms with Gasteiger partial charge in [-0.3, -0.25) is 9.59 Å². The number of methoxy groups -OCH3 is 1. The van der Waals surface area contributed by atoms with Crippen LogP contribution in [0.5, 0.6) is 23.0 Å². The van der Waals surface area contributed by atoms with E-state index in [0.717, 1.165) is 17.0 Å². The van der Waals surface area contributed by atoms with Crippen molar-refractivity contribution < 1.29 is 29.3 Å². The molecule has 146 valence electrons. The number of hydrogen-bond donors (Lipinski definition) is 3. The van der Waals surface area contributed by atoms with E-state index >= 15 is 0 Å². The van der Waals surface area contributed by atoms with E-state index in [1.807, 2.05) is 16.7 Å². The number of nitrogens with zero attached hydrogens (tertiary/aromatic N) is 1. The minimum Gasteiger partial charge on any atom is -0.508 e. The fourth-order valence-corrected chi connectivity index (χ4v) is 3.88. The molecule has 1 aromatic heterocycles. The normalized spacial score (nSPS) is 16.5. The molecule has 0 unspecified atom stereocenters. The summed E-state index contributed by atoms with van der Waals surface area (Å²) in [6.07, 6.45) is 1.50. The first-order valence-electron chi connectivity index (χ1n) is 8.96. The number of aromatic nitrogens is 1. The number of aromatic hydroxyl groups is 2. The summed E-state index contributed by atoms with van der Waals surface area (Å²) in [5.74, 6) is -0.713. The van der Waals surface area contributed by atoms with E-state index in [1.165, 1.54) is 12.1 Å². The molecule has 0 spiro atoms. The van der Waals surface area contributed by atoms with Crippen molar-refractivity contribution in [3.05, 3.63) is 52.9 Å². The van der Waals surface area contributed by atoms with Gasteiger partial charge in [-0.05, 0) is 24.3 Å². The number of allylic oxidation sites excluding steroid dienone is 1. The molecule has 8 nitrogen and oxygen atoms in total. The third-order valence-electron chi connectivity index (χ3n) is 5.16. The Kier molecular flexibility index (Phi) is 3.57. The molecule has 2 aromatic carbocycles. The van der Waals surface area contributed by atoms with Crippen molar-refractivity contribution in [1.29, 1.82) is 0 Å². The number of phenols is 2. The molecule has 0 saturated carbocycles. The molecule has 1 amide bonds. The van der Waals surface area contributed by atoms with Gasteiger partial charge in [0.1, 0.15) is 34.3 Å². The SMILES string of the molecule is COc1ccc2c(c1)c(/C=C1\Oc3cc(O)cc(O)c3C1=O)c1n2CCNC1=O. The van der Waals surface area contributed by atoms with Gasteiger partial charge in [-0.25, -0.2) is 0 Å². The number of ether oxygens (including phenoxy) is 2. The van der Waals surface area contributed by atoms with Crippen molar-refractivity contribution in [3.63, 3.8) is 0 Å². The first kappa shape index (κ1) is 17.2. The highest BCUT2D eigenvalue weighted by Gasteiger charge is 2.33. The first-order chi connectivity index (χ1) is 14.0. The monoisotopic (exact) mass is 392 g/mol. The molecule has 3 aromatic rings. The Bertz CT molecular complexity index is 1250. The number of benzene rings is 2. The zero-order valence-corrected chi connectivity index (χ0v) is 15.4. The number of nitrogens with one attached hydrogen (secondary N) is 1. The Morgan fingerprint density at radius 3 is 2.83 bits per heavy atom. The molecule has 0 aliphatic carbocycles. The maximum absolute atomic E-state index is 12.8. The highest BCUT2D eigenvalue weighted by Crippen LogP contribution is 2.41. The Morgan fingerprint density at radius 2 is 2.03 bits per heavy atom. The Balaban J connectivity index is 1.74. The minimum absolute atomic E-state index is 0.0199. The van der Waals surface area contributed by atoms with Gasteiger partial charge in [-0.2, -0.15) is 0 Å². The van der Waals surface area contributed by atoms with Crippen LogP contribution in [0.2, 0.25) is 0 Å². The first-order valence-corrected chi connectivity index (χ1v) is 8.96. The number of Topliss-reactive ketones (excluding diaryl/α,β-unsaturated/α-hetero) is 1. The van der Waals surface area contributed by atoms with Crippen LogP contribution in [-0.4, -0.2) is 40.1 Å².